The van der Waals surface area contributed by atoms with Crippen molar-refractivity contribution in [1.82, 2.24) is 14.9 Å². The molecule has 20 heavy (non-hydrogen) atoms. The third-order valence-corrected chi connectivity index (χ3v) is 4.34. The minimum absolute atomic E-state index is 0.0227. The van der Waals surface area contributed by atoms with E-state index in [0.29, 0.717) is 20.7 Å². The predicted molar refractivity (Wildman–Crippen MR) is 78.2 cm³/mol. The van der Waals surface area contributed by atoms with E-state index in [-0.39, 0.29) is 30.7 Å². The fraction of sp³-hybridized carbons (Fsp3) is 0.462. The average molecular weight is 295 g/mol. The number of amides is 1. The van der Waals surface area contributed by atoms with E-state index in [0.717, 1.165) is 0 Å². The summed E-state index contributed by atoms with van der Waals surface area (Å²) in [7, 11) is 0. The first-order valence-electron chi connectivity index (χ1n) is 6.36. The van der Waals surface area contributed by atoms with E-state index in [4.69, 9.17) is 5.11 Å². The van der Waals surface area contributed by atoms with Gasteiger partial charge in [-0.25, -0.2) is 4.98 Å². The predicted octanol–water partition coefficient (Wildman–Crippen LogP) is 1.14. The normalized spacial score (nSPS) is 11.2. The number of fused-ring (bicyclic) bond motifs is 1. The fourth-order valence-corrected chi connectivity index (χ4v) is 3.22. The van der Waals surface area contributed by atoms with Crippen LogP contribution in [0.2, 0.25) is 0 Å². The van der Waals surface area contributed by atoms with Gasteiger partial charge < -0.3 is 15.0 Å². The summed E-state index contributed by atoms with van der Waals surface area (Å²) in [6, 6.07) is -0.0227. The van der Waals surface area contributed by atoms with Crippen LogP contribution in [-0.4, -0.2) is 45.1 Å². The maximum atomic E-state index is 12.6. The summed E-state index contributed by atoms with van der Waals surface area (Å²) < 4.78 is 0. The van der Waals surface area contributed by atoms with E-state index in [2.05, 4.69) is 9.97 Å². The molecule has 0 unspecified atom stereocenters. The number of aliphatic hydroxyl groups excluding tert-OH is 1. The van der Waals surface area contributed by atoms with Crippen LogP contribution in [0.1, 0.15) is 29.1 Å². The third kappa shape index (κ3) is 2.46. The van der Waals surface area contributed by atoms with E-state index >= 15 is 0 Å². The molecule has 0 radical (unpaired) electrons. The summed E-state index contributed by atoms with van der Waals surface area (Å²) >= 11 is 1.21. The van der Waals surface area contributed by atoms with Gasteiger partial charge in [-0.1, -0.05) is 0 Å². The van der Waals surface area contributed by atoms with Crippen LogP contribution in [0, 0.1) is 6.92 Å². The molecule has 0 fully saturated rings. The number of hydrogen-bond acceptors (Lipinski definition) is 5. The molecule has 0 spiro atoms. The summed E-state index contributed by atoms with van der Waals surface area (Å²) in [5, 5.41) is 9.54. The van der Waals surface area contributed by atoms with Crippen molar-refractivity contribution in [2.75, 3.05) is 13.2 Å². The standard InChI is InChI=1S/C13H17N3O3S/c1-7(2)16(4-5-17)13(19)10-8(3)9-11(18)14-6-15-12(9)20-10/h6-7,17H,4-5H2,1-3H3,(H,14,15,18). The highest BCUT2D eigenvalue weighted by atomic mass is 32.1. The number of nitrogens with one attached hydrogen (secondary N) is 1. The molecular formula is C13H17N3O3S. The number of aromatic amines is 1. The van der Waals surface area contributed by atoms with Gasteiger partial charge in [0, 0.05) is 12.6 Å². The number of rotatable bonds is 4. The average Bonchev–Trinajstić information content (AvgIpc) is 2.73. The Hall–Kier alpha value is -1.73. The zero-order valence-corrected chi connectivity index (χ0v) is 12.5. The Morgan fingerprint density at radius 1 is 1.55 bits per heavy atom. The molecule has 0 aromatic carbocycles. The molecule has 2 aromatic heterocycles. The minimum atomic E-state index is -0.235. The monoisotopic (exact) mass is 295 g/mol. The Morgan fingerprint density at radius 2 is 2.25 bits per heavy atom. The molecule has 0 aliphatic carbocycles. The van der Waals surface area contributed by atoms with E-state index in [9.17, 15) is 9.59 Å². The Labute approximate surface area is 120 Å². The number of aliphatic hydroxyl groups is 1. The molecule has 0 atom stereocenters. The number of nitrogens with zero attached hydrogens (tertiary/aromatic N) is 2. The summed E-state index contributed by atoms with van der Waals surface area (Å²) in [5.41, 5.74) is 0.411. The van der Waals surface area contributed by atoms with Gasteiger partial charge in [0.1, 0.15) is 4.83 Å². The smallest absolute Gasteiger partial charge is 0.264 e. The summed E-state index contributed by atoms with van der Waals surface area (Å²) in [6.45, 7) is 5.71. The summed E-state index contributed by atoms with van der Waals surface area (Å²) in [5.74, 6) is -0.172. The Bertz CT molecular complexity index is 690. The molecule has 1 amide bonds. The van der Waals surface area contributed by atoms with Crippen molar-refractivity contribution in [2.45, 2.75) is 26.8 Å². The first-order valence-corrected chi connectivity index (χ1v) is 7.17. The van der Waals surface area contributed by atoms with Crippen LogP contribution in [0.3, 0.4) is 0 Å². The lowest BCUT2D eigenvalue weighted by atomic mass is 10.2. The highest BCUT2D eigenvalue weighted by molar-refractivity contribution is 7.20. The van der Waals surface area contributed by atoms with Crippen molar-refractivity contribution in [3.8, 4) is 0 Å². The van der Waals surface area contributed by atoms with Crippen molar-refractivity contribution in [3.05, 3.63) is 27.1 Å². The van der Waals surface area contributed by atoms with Gasteiger partial charge in [0.2, 0.25) is 0 Å². The zero-order valence-electron chi connectivity index (χ0n) is 11.6. The molecular weight excluding hydrogens is 278 g/mol. The van der Waals surface area contributed by atoms with Gasteiger partial charge in [0.05, 0.1) is 23.2 Å². The van der Waals surface area contributed by atoms with Crippen molar-refractivity contribution in [2.24, 2.45) is 0 Å². The summed E-state index contributed by atoms with van der Waals surface area (Å²) in [4.78, 5) is 33.6. The summed E-state index contributed by atoms with van der Waals surface area (Å²) in [6.07, 6.45) is 1.34. The van der Waals surface area contributed by atoms with Gasteiger partial charge in [0.25, 0.3) is 11.5 Å². The molecule has 2 aromatic rings. The molecule has 0 aliphatic rings. The highest BCUT2D eigenvalue weighted by Gasteiger charge is 2.24. The molecule has 108 valence electrons. The fourth-order valence-electron chi connectivity index (χ4n) is 2.11. The van der Waals surface area contributed by atoms with E-state index in [1.807, 2.05) is 13.8 Å². The number of carbonyl (C=O) groups is 1. The number of H-pyrrole nitrogens is 1. The van der Waals surface area contributed by atoms with Gasteiger partial charge in [-0.3, -0.25) is 9.59 Å². The number of carbonyl (C=O) groups excluding carboxylic acids is 1. The quantitative estimate of drug-likeness (QED) is 0.885. The SMILES string of the molecule is Cc1c(C(=O)N(CCO)C(C)C)sc2nc[nH]c(=O)c12. The van der Waals surface area contributed by atoms with Crippen molar-refractivity contribution >= 4 is 27.5 Å². The molecule has 0 bridgehead atoms. The molecule has 0 aliphatic heterocycles. The van der Waals surface area contributed by atoms with E-state index in [1.54, 1.807) is 11.8 Å². The van der Waals surface area contributed by atoms with Gasteiger partial charge in [-0.2, -0.15) is 0 Å². The maximum absolute atomic E-state index is 12.6. The van der Waals surface area contributed by atoms with Crippen LogP contribution in [0.4, 0.5) is 0 Å². The van der Waals surface area contributed by atoms with Gasteiger partial charge in [-0.05, 0) is 26.3 Å². The van der Waals surface area contributed by atoms with Gasteiger partial charge in [0.15, 0.2) is 0 Å². The second kappa shape index (κ2) is 5.72. The molecule has 0 saturated carbocycles. The van der Waals surface area contributed by atoms with Crippen LogP contribution < -0.4 is 5.56 Å². The lowest BCUT2D eigenvalue weighted by molar-refractivity contribution is 0.0670. The molecule has 7 heteroatoms. The van der Waals surface area contributed by atoms with Crippen LogP contribution in [-0.2, 0) is 0 Å². The minimum Gasteiger partial charge on any atom is -0.395 e. The first kappa shape index (κ1) is 14.7. The Morgan fingerprint density at radius 3 is 2.80 bits per heavy atom. The van der Waals surface area contributed by atoms with E-state index in [1.165, 1.54) is 17.7 Å². The Kier molecular flexibility index (Phi) is 4.20. The topological polar surface area (TPSA) is 86.3 Å². The number of aryl methyl sites for hydroxylation is 1. The number of aromatic nitrogens is 2. The Balaban J connectivity index is 2.52. The lowest BCUT2D eigenvalue weighted by Crippen LogP contribution is -2.38. The molecule has 2 rings (SSSR count). The van der Waals surface area contributed by atoms with Crippen molar-refractivity contribution < 1.29 is 9.90 Å². The second-order valence-electron chi connectivity index (χ2n) is 4.78. The van der Waals surface area contributed by atoms with Crippen LogP contribution >= 0.6 is 11.3 Å². The largest absolute Gasteiger partial charge is 0.395 e. The molecule has 2 heterocycles. The molecule has 0 saturated heterocycles. The second-order valence-corrected chi connectivity index (χ2v) is 5.78. The molecule has 6 nitrogen and oxygen atoms in total. The van der Waals surface area contributed by atoms with Crippen LogP contribution in [0.5, 0.6) is 0 Å². The van der Waals surface area contributed by atoms with Gasteiger partial charge in [-0.15, -0.1) is 11.3 Å². The lowest BCUT2D eigenvalue weighted by Gasteiger charge is -2.25. The van der Waals surface area contributed by atoms with Crippen LogP contribution in [0.25, 0.3) is 10.2 Å². The van der Waals surface area contributed by atoms with Gasteiger partial charge >= 0.3 is 0 Å². The van der Waals surface area contributed by atoms with E-state index < -0.39 is 0 Å². The number of hydrogen-bond donors (Lipinski definition) is 2. The third-order valence-electron chi connectivity index (χ3n) is 3.15. The zero-order chi connectivity index (χ0) is 14.9. The number of thiophene rings is 1. The maximum Gasteiger partial charge on any atom is 0.264 e. The van der Waals surface area contributed by atoms with Crippen LogP contribution in [0.15, 0.2) is 11.1 Å². The van der Waals surface area contributed by atoms with Crippen molar-refractivity contribution in [3.63, 3.8) is 0 Å². The highest BCUT2D eigenvalue weighted by Crippen LogP contribution is 2.28. The molecule has 2 N–H and O–H groups in total. The first-order chi connectivity index (χ1) is 9.47. The van der Waals surface area contributed by atoms with Crippen molar-refractivity contribution in [1.29, 1.82) is 0 Å².